The van der Waals surface area contributed by atoms with Gasteiger partial charge in [-0.05, 0) is 37.9 Å². The summed E-state index contributed by atoms with van der Waals surface area (Å²) in [7, 11) is 0. The molecule has 1 heterocycles. The van der Waals surface area contributed by atoms with Crippen LogP contribution in [0.15, 0.2) is 12.1 Å². The second-order valence-corrected chi connectivity index (χ2v) is 4.50. The topological polar surface area (TPSA) is 12.0 Å². The number of piperidine rings is 1. The van der Waals surface area contributed by atoms with Gasteiger partial charge in [0.1, 0.15) is 5.82 Å². The molecule has 0 radical (unpaired) electrons. The predicted molar refractivity (Wildman–Crippen MR) is 60.7 cm³/mol. The SMILES string of the molecule is Cc1ccc(Cl)c(F)c1C1CCCCN1. The molecule has 0 amide bonds. The Bertz CT molecular complexity index is 359. The lowest BCUT2D eigenvalue weighted by atomic mass is 9.94. The minimum Gasteiger partial charge on any atom is -0.310 e. The summed E-state index contributed by atoms with van der Waals surface area (Å²) in [6.07, 6.45) is 3.33. The highest BCUT2D eigenvalue weighted by atomic mass is 35.5. The highest BCUT2D eigenvalue weighted by molar-refractivity contribution is 6.30. The molecule has 3 heteroatoms. The largest absolute Gasteiger partial charge is 0.310 e. The van der Waals surface area contributed by atoms with Crippen LogP contribution in [0.5, 0.6) is 0 Å². The molecule has 0 saturated carbocycles. The van der Waals surface area contributed by atoms with Crippen molar-refractivity contribution in [1.29, 1.82) is 0 Å². The minimum absolute atomic E-state index is 0.137. The maximum Gasteiger partial charge on any atom is 0.146 e. The summed E-state index contributed by atoms with van der Waals surface area (Å²) in [5.74, 6) is -0.254. The third-order valence-corrected chi connectivity index (χ3v) is 3.30. The average Bonchev–Trinajstić information content (AvgIpc) is 2.26. The van der Waals surface area contributed by atoms with Gasteiger partial charge in [0.2, 0.25) is 0 Å². The van der Waals surface area contributed by atoms with Crippen molar-refractivity contribution in [3.8, 4) is 0 Å². The highest BCUT2D eigenvalue weighted by Crippen LogP contribution is 2.31. The van der Waals surface area contributed by atoms with E-state index in [1.807, 2.05) is 13.0 Å². The van der Waals surface area contributed by atoms with E-state index in [1.54, 1.807) is 6.07 Å². The van der Waals surface area contributed by atoms with Gasteiger partial charge in [-0.3, -0.25) is 0 Å². The Labute approximate surface area is 94.6 Å². The summed E-state index contributed by atoms with van der Waals surface area (Å²) in [6.45, 7) is 2.90. The molecule has 1 unspecified atom stereocenters. The fraction of sp³-hybridized carbons (Fsp3) is 0.500. The summed E-state index contributed by atoms with van der Waals surface area (Å²) in [5, 5.41) is 3.57. The van der Waals surface area contributed by atoms with Gasteiger partial charge in [0.25, 0.3) is 0 Å². The molecule has 15 heavy (non-hydrogen) atoms. The molecule has 1 atom stereocenters. The van der Waals surface area contributed by atoms with Gasteiger partial charge >= 0.3 is 0 Å². The first-order valence-corrected chi connectivity index (χ1v) is 5.76. The van der Waals surface area contributed by atoms with Crippen molar-refractivity contribution in [1.82, 2.24) is 5.32 Å². The lowest BCUT2D eigenvalue weighted by Crippen LogP contribution is -2.28. The zero-order chi connectivity index (χ0) is 10.8. The van der Waals surface area contributed by atoms with Crippen LogP contribution < -0.4 is 5.32 Å². The van der Waals surface area contributed by atoms with Crippen molar-refractivity contribution >= 4 is 11.6 Å². The predicted octanol–water partition coefficient (Wildman–Crippen LogP) is 3.60. The van der Waals surface area contributed by atoms with Gasteiger partial charge in [-0.1, -0.05) is 24.1 Å². The standard InChI is InChI=1S/C12H15ClFN/c1-8-5-6-9(13)12(14)11(8)10-4-2-3-7-15-10/h5-6,10,15H,2-4,7H2,1H3. The molecule has 1 N–H and O–H groups in total. The number of hydrogen-bond donors (Lipinski definition) is 1. The molecule has 1 fully saturated rings. The van der Waals surface area contributed by atoms with E-state index >= 15 is 0 Å². The van der Waals surface area contributed by atoms with Crippen molar-refractivity contribution in [2.24, 2.45) is 0 Å². The van der Waals surface area contributed by atoms with Crippen LogP contribution in [0.25, 0.3) is 0 Å². The number of nitrogens with one attached hydrogen (secondary N) is 1. The van der Waals surface area contributed by atoms with Crippen LogP contribution >= 0.6 is 11.6 Å². The molecule has 0 aliphatic carbocycles. The molecule has 1 aliphatic rings. The molecule has 0 spiro atoms. The van der Waals surface area contributed by atoms with Crippen molar-refractivity contribution in [2.45, 2.75) is 32.2 Å². The third-order valence-electron chi connectivity index (χ3n) is 3.01. The zero-order valence-corrected chi connectivity index (χ0v) is 9.57. The summed E-state index contributed by atoms with van der Waals surface area (Å²) in [4.78, 5) is 0. The molecule has 1 aromatic rings. The van der Waals surface area contributed by atoms with Gasteiger partial charge in [0.15, 0.2) is 0 Å². The first-order chi connectivity index (χ1) is 7.20. The number of hydrogen-bond acceptors (Lipinski definition) is 1. The Hall–Kier alpha value is -0.600. The zero-order valence-electron chi connectivity index (χ0n) is 8.82. The number of benzene rings is 1. The Kier molecular flexibility index (Phi) is 3.27. The average molecular weight is 228 g/mol. The maximum atomic E-state index is 13.9. The van der Waals surface area contributed by atoms with Crippen molar-refractivity contribution in [3.63, 3.8) is 0 Å². The van der Waals surface area contributed by atoms with E-state index in [1.165, 1.54) is 6.42 Å². The van der Waals surface area contributed by atoms with E-state index in [4.69, 9.17) is 11.6 Å². The number of rotatable bonds is 1. The Morgan fingerprint density at radius 1 is 1.40 bits per heavy atom. The number of aryl methyl sites for hydroxylation is 1. The fourth-order valence-corrected chi connectivity index (χ4v) is 2.35. The van der Waals surface area contributed by atoms with Crippen LogP contribution in [0.1, 0.15) is 36.4 Å². The van der Waals surface area contributed by atoms with Gasteiger partial charge in [-0.15, -0.1) is 0 Å². The quantitative estimate of drug-likeness (QED) is 0.773. The summed E-state index contributed by atoms with van der Waals surface area (Å²) in [6, 6.07) is 3.65. The van der Waals surface area contributed by atoms with Gasteiger partial charge in [-0.25, -0.2) is 4.39 Å². The Balaban J connectivity index is 2.36. The smallest absolute Gasteiger partial charge is 0.146 e. The first kappa shape index (κ1) is 10.9. The van der Waals surface area contributed by atoms with Crippen molar-refractivity contribution in [3.05, 3.63) is 34.1 Å². The second-order valence-electron chi connectivity index (χ2n) is 4.09. The Morgan fingerprint density at radius 2 is 2.20 bits per heavy atom. The molecule has 1 saturated heterocycles. The van der Waals surface area contributed by atoms with Gasteiger partial charge in [0, 0.05) is 11.6 Å². The monoisotopic (exact) mass is 227 g/mol. The van der Waals surface area contributed by atoms with Crippen LogP contribution in [0, 0.1) is 12.7 Å². The fourth-order valence-electron chi connectivity index (χ4n) is 2.19. The number of halogens is 2. The van der Waals surface area contributed by atoms with E-state index in [0.29, 0.717) is 0 Å². The maximum absolute atomic E-state index is 13.9. The van der Waals surface area contributed by atoms with Crippen LogP contribution in [-0.4, -0.2) is 6.54 Å². The molecule has 82 valence electrons. The lowest BCUT2D eigenvalue weighted by Gasteiger charge is -2.25. The summed E-state index contributed by atoms with van der Waals surface area (Å²) < 4.78 is 13.9. The minimum atomic E-state index is -0.254. The van der Waals surface area contributed by atoms with Crippen LogP contribution in [0.3, 0.4) is 0 Å². The molecular weight excluding hydrogens is 213 g/mol. The van der Waals surface area contributed by atoms with Crippen LogP contribution in [-0.2, 0) is 0 Å². The van der Waals surface area contributed by atoms with Crippen LogP contribution in [0.2, 0.25) is 5.02 Å². The molecular formula is C12H15ClFN. The molecule has 1 aromatic carbocycles. The summed E-state index contributed by atoms with van der Waals surface area (Å²) in [5.41, 5.74) is 1.73. The van der Waals surface area contributed by atoms with E-state index in [2.05, 4.69) is 5.32 Å². The first-order valence-electron chi connectivity index (χ1n) is 5.38. The second kappa shape index (κ2) is 4.50. The highest BCUT2D eigenvalue weighted by Gasteiger charge is 2.21. The molecule has 1 aliphatic heterocycles. The molecule has 0 aromatic heterocycles. The van der Waals surface area contributed by atoms with Gasteiger partial charge < -0.3 is 5.32 Å². The molecule has 0 bridgehead atoms. The van der Waals surface area contributed by atoms with E-state index in [0.717, 1.165) is 30.5 Å². The summed E-state index contributed by atoms with van der Waals surface area (Å²) >= 11 is 5.80. The lowest BCUT2D eigenvalue weighted by molar-refractivity contribution is 0.398. The third kappa shape index (κ3) is 2.16. The molecule has 1 nitrogen and oxygen atoms in total. The van der Waals surface area contributed by atoms with E-state index in [9.17, 15) is 4.39 Å². The molecule has 2 rings (SSSR count). The van der Waals surface area contributed by atoms with Crippen LogP contribution in [0.4, 0.5) is 4.39 Å². The van der Waals surface area contributed by atoms with Crippen molar-refractivity contribution < 1.29 is 4.39 Å². The Morgan fingerprint density at radius 3 is 2.87 bits per heavy atom. The van der Waals surface area contributed by atoms with Gasteiger partial charge in [0.05, 0.1) is 5.02 Å². The van der Waals surface area contributed by atoms with E-state index in [-0.39, 0.29) is 16.9 Å². The van der Waals surface area contributed by atoms with E-state index < -0.39 is 0 Å². The van der Waals surface area contributed by atoms with Gasteiger partial charge in [-0.2, -0.15) is 0 Å². The van der Waals surface area contributed by atoms with Crippen molar-refractivity contribution in [2.75, 3.05) is 6.54 Å². The normalized spacial score (nSPS) is 21.7.